The molecule has 0 amide bonds. The van der Waals surface area contributed by atoms with Crippen LogP contribution in [0.25, 0.3) is 125 Å². The van der Waals surface area contributed by atoms with Gasteiger partial charge in [-0.1, -0.05) is 156 Å². The van der Waals surface area contributed by atoms with Gasteiger partial charge >= 0.3 is 0 Å². The molecular weight excluding hydrogens is 1330 g/mol. The normalized spacial score (nSPS) is 13.1. The highest BCUT2D eigenvalue weighted by molar-refractivity contribution is 7.41. The number of hydrogen-bond acceptors (Lipinski definition) is 16. The number of rotatable bonds is 10. The molecule has 0 atom stereocenters. The van der Waals surface area contributed by atoms with Crippen LogP contribution in [0.1, 0.15) is 77.9 Å². The molecule has 16 aromatic rings. The molecule has 0 fully saturated rings. The minimum Gasteiger partial charge on any atom is -0.192 e. The number of allylic oxidation sites excluding steroid dienone is 2. The summed E-state index contributed by atoms with van der Waals surface area (Å²) in [6.07, 6.45) is 3.17. The molecule has 0 N–H and O–H groups in total. The Morgan fingerprint density at radius 3 is 1.30 bits per heavy atom. The van der Waals surface area contributed by atoms with Crippen LogP contribution in [-0.4, -0.2) is 17.5 Å². The van der Waals surface area contributed by atoms with Gasteiger partial charge in [0.15, 0.2) is 0 Å². The number of benzene rings is 8. The zero-order chi connectivity index (χ0) is 64.9. The summed E-state index contributed by atoms with van der Waals surface area (Å²) in [6.45, 7) is 8.73. The highest BCUT2D eigenvalue weighted by Gasteiger charge is 2.54. The van der Waals surface area contributed by atoms with Crippen molar-refractivity contribution in [3.8, 4) is 86.2 Å². The lowest BCUT2D eigenvalue weighted by Crippen LogP contribution is -2.30. The molecule has 0 spiro atoms. The zero-order valence-electron chi connectivity index (χ0n) is 51.3. The van der Waals surface area contributed by atoms with Crippen LogP contribution >= 0.6 is 91.5 Å². The molecule has 0 saturated carbocycles. The maximum absolute atomic E-state index is 9.56. The number of aryl methyl sites for hydroxylation is 4. The summed E-state index contributed by atoms with van der Waals surface area (Å²) in [6, 6.07) is 76.8. The smallest absolute Gasteiger partial charge is 0.130 e. The van der Waals surface area contributed by atoms with Gasteiger partial charge in [-0.25, -0.2) is 0 Å². The molecule has 0 aliphatic heterocycles. The number of nitrogens with zero attached hydrogens (tertiary/aromatic N) is 8. The Bertz CT molecular complexity index is 6120. The Morgan fingerprint density at radius 1 is 0.354 bits per heavy atom. The number of hydrogen-bond donors (Lipinski definition) is 0. The maximum Gasteiger partial charge on any atom is 0.130 e. The first-order valence-corrected chi connectivity index (χ1v) is 37.1. The van der Waals surface area contributed by atoms with E-state index in [0.717, 1.165) is 65.8 Å². The van der Waals surface area contributed by atoms with Gasteiger partial charge in [0.1, 0.15) is 57.5 Å². The Labute approximate surface area is 583 Å². The fraction of sp³-hybridized carbons (Fsp3) is 0.0750. The Morgan fingerprint density at radius 2 is 0.802 bits per heavy atom. The highest BCUT2D eigenvalue weighted by Crippen LogP contribution is 2.68. The molecule has 16 heteroatoms. The van der Waals surface area contributed by atoms with Crippen molar-refractivity contribution < 1.29 is 0 Å². The fourth-order valence-electron chi connectivity index (χ4n) is 14.6. The predicted octanol–water partition coefficient (Wildman–Crippen LogP) is 23.0. The van der Waals surface area contributed by atoms with E-state index >= 15 is 0 Å². The fourth-order valence-corrected chi connectivity index (χ4v) is 23.6. The van der Waals surface area contributed by atoms with Crippen LogP contribution in [0.15, 0.2) is 193 Å². The van der Waals surface area contributed by atoms with E-state index in [9.17, 15) is 21.0 Å². The first kappa shape index (κ1) is 58.4. The van der Waals surface area contributed by atoms with Crippen molar-refractivity contribution in [2.24, 2.45) is 0 Å². The molecule has 8 nitrogen and oxygen atoms in total. The van der Waals surface area contributed by atoms with Gasteiger partial charge in [0.2, 0.25) is 0 Å². The molecule has 0 radical (unpaired) electrons. The number of thiophene rings is 6. The standard InChI is InChI=1S/C80H44N8S8/c1-41-5-16-50(17-6-41)79(51-18-7-42(2)8-19-51)59-35-58-60(34-57(59)74-68(79)54-24-13-47(33-65(54)91-74)61-27-28-62(89-61)55-25-14-48(31-45(37-81)38-82)70-72(55)87-95-85-70)80(52-20-9-43(3)10-21-52,53-22-11-44(4)12-23-53)69-75(58)94-78-76-67(93-77(69)78)36-66(92-76)64-30-29-63(90-64)56-26-15-49(32-46(39-83)40-84)71-73(56)88-96-86-71/h5-36H,1-4H3. The molecule has 452 valence electrons. The molecule has 8 heterocycles. The van der Waals surface area contributed by atoms with E-state index in [2.05, 4.69) is 194 Å². The van der Waals surface area contributed by atoms with E-state index in [1.54, 1.807) is 34.8 Å². The summed E-state index contributed by atoms with van der Waals surface area (Å²) in [5.74, 6) is 0. The van der Waals surface area contributed by atoms with E-state index in [0.29, 0.717) is 22.2 Å². The lowest BCUT2D eigenvalue weighted by Gasteiger charge is -2.36. The quantitative estimate of drug-likeness (QED) is 0.123. The van der Waals surface area contributed by atoms with Gasteiger partial charge in [-0.15, -0.1) is 68.0 Å². The minimum absolute atomic E-state index is 0.0209. The Hall–Kier alpha value is -10.2. The van der Waals surface area contributed by atoms with Crippen LogP contribution in [0.5, 0.6) is 0 Å². The zero-order valence-corrected chi connectivity index (χ0v) is 57.9. The Balaban J connectivity index is 0.839. The summed E-state index contributed by atoms with van der Waals surface area (Å²) in [5, 5.41) is 39.4. The lowest BCUT2D eigenvalue weighted by atomic mass is 9.65. The first-order chi connectivity index (χ1) is 47.0. The summed E-state index contributed by atoms with van der Waals surface area (Å²) in [7, 11) is 0. The molecule has 8 aromatic heterocycles. The predicted molar refractivity (Wildman–Crippen MR) is 402 cm³/mol. The van der Waals surface area contributed by atoms with Gasteiger partial charge in [-0.05, 0) is 149 Å². The summed E-state index contributed by atoms with van der Waals surface area (Å²) in [5.41, 5.74) is 23.6. The van der Waals surface area contributed by atoms with Gasteiger partial charge in [-0.2, -0.15) is 38.5 Å². The van der Waals surface area contributed by atoms with Gasteiger partial charge in [0.05, 0.1) is 48.4 Å². The highest BCUT2D eigenvalue weighted by atomic mass is 32.1. The molecule has 2 aliphatic rings. The molecule has 8 aromatic carbocycles. The summed E-state index contributed by atoms with van der Waals surface area (Å²) < 4.78 is 25.1. The van der Waals surface area contributed by atoms with Gasteiger partial charge < -0.3 is 0 Å². The van der Waals surface area contributed by atoms with Gasteiger partial charge in [0.25, 0.3) is 0 Å². The summed E-state index contributed by atoms with van der Waals surface area (Å²) in [4.78, 5) is 8.28. The van der Waals surface area contributed by atoms with Crippen molar-refractivity contribution in [1.29, 1.82) is 21.0 Å². The average Bonchev–Trinajstić information content (AvgIpc) is 1.50. The molecular formula is C80H44N8S8. The van der Waals surface area contributed by atoms with Crippen LogP contribution in [0.2, 0.25) is 0 Å². The van der Waals surface area contributed by atoms with E-state index in [4.69, 9.17) is 8.75 Å². The second-order valence-electron chi connectivity index (χ2n) is 24.5. The number of nitriles is 4. The van der Waals surface area contributed by atoms with Crippen molar-refractivity contribution in [2.75, 3.05) is 0 Å². The summed E-state index contributed by atoms with van der Waals surface area (Å²) >= 11 is 13.4. The largest absolute Gasteiger partial charge is 0.192 e. The molecule has 2 aliphatic carbocycles. The van der Waals surface area contributed by atoms with Gasteiger partial charge in [0, 0.05) is 71.4 Å². The van der Waals surface area contributed by atoms with Crippen molar-refractivity contribution >= 4 is 155 Å². The van der Waals surface area contributed by atoms with Crippen molar-refractivity contribution in [1.82, 2.24) is 17.5 Å². The monoisotopic (exact) mass is 1370 g/mol. The second kappa shape index (κ2) is 22.2. The Kier molecular flexibility index (Phi) is 13.5. The maximum atomic E-state index is 9.56. The number of aromatic nitrogens is 4. The van der Waals surface area contributed by atoms with Crippen LogP contribution in [0, 0.1) is 73.0 Å². The third-order valence-corrected chi connectivity index (χ3v) is 27.7. The minimum atomic E-state index is -0.699. The molecule has 96 heavy (non-hydrogen) atoms. The van der Waals surface area contributed by atoms with Crippen molar-refractivity contribution in [3.05, 3.63) is 271 Å². The molecule has 0 saturated heterocycles. The van der Waals surface area contributed by atoms with Crippen LogP contribution in [0.4, 0.5) is 0 Å². The third-order valence-electron chi connectivity index (χ3n) is 19.1. The van der Waals surface area contributed by atoms with Crippen LogP contribution < -0.4 is 0 Å². The first-order valence-electron chi connectivity index (χ1n) is 30.8. The van der Waals surface area contributed by atoms with Gasteiger partial charge in [-0.3, -0.25) is 0 Å². The van der Waals surface area contributed by atoms with Crippen molar-refractivity contribution in [3.63, 3.8) is 0 Å². The van der Waals surface area contributed by atoms with E-state index in [1.165, 1.54) is 126 Å². The lowest BCUT2D eigenvalue weighted by molar-refractivity contribution is 0.766. The van der Waals surface area contributed by atoms with E-state index in [-0.39, 0.29) is 11.1 Å². The van der Waals surface area contributed by atoms with Crippen LogP contribution in [-0.2, 0) is 10.8 Å². The number of fused-ring (bicyclic) bond motifs is 14. The topological polar surface area (TPSA) is 147 Å². The second-order valence-corrected chi connectivity index (χ2v) is 31.9. The third kappa shape index (κ3) is 8.58. The molecule has 0 unspecified atom stereocenters. The van der Waals surface area contributed by atoms with Crippen LogP contribution in [0.3, 0.4) is 0 Å². The van der Waals surface area contributed by atoms with E-state index in [1.807, 2.05) is 93.9 Å². The average molecular weight is 1370 g/mol. The molecule has 0 bridgehead atoms. The van der Waals surface area contributed by atoms with Crippen molar-refractivity contribution in [2.45, 2.75) is 38.5 Å². The van der Waals surface area contributed by atoms with E-state index < -0.39 is 10.8 Å². The SMILES string of the molecule is Cc1ccc(C2(c3ccc(C)cc3)c3cc4c(cc3-c3sc5cc(-c6ccc(-c7ccc(C=C(C#N)C#N)c8nsnc78)s6)ccc5c32)C(c2ccc(C)cc2)(c2ccc(C)cc2)c2c-4sc3c2sc2cc(-c4ccc(-c5ccc(C=C(C#N)C#N)c6nsnc56)s4)sc23)cc1. The molecule has 18 rings (SSSR count).